The molecule has 0 fully saturated rings. The molecule has 3 N–H and O–H groups in total. The molecule has 9 heteroatoms. The minimum atomic E-state index is -4.64. The molecule has 0 saturated heterocycles. The second kappa shape index (κ2) is 15.5. The van der Waals surface area contributed by atoms with Crippen LogP contribution in [0.1, 0.15) is 92.3 Å². The van der Waals surface area contributed by atoms with Crippen molar-refractivity contribution in [2.75, 3.05) is 0 Å². The molecule has 0 bridgehead atoms. The number of nitro benzene ring substituents is 1. The van der Waals surface area contributed by atoms with E-state index in [1.165, 1.54) is 6.07 Å². The molecule has 2 aromatic carbocycles. The van der Waals surface area contributed by atoms with Crippen molar-refractivity contribution in [3.63, 3.8) is 0 Å². The van der Waals surface area contributed by atoms with Crippen LogP contribution in [-0.2, 0) is 17.4 Å². The fraction of sp³-hybridized carbons (Fsp3) is 0.480. The van der Waals surface area contributed by atoms with Crippen molar-refractivity contribution in [3.05, 3.63) is 74.8 Å². The maximum atomic E-state index is 13.2. The van der Waals surface area contributed by atoms with Gasteiger partial charge in [-0.25, -0.2) is 4.57 Å². The van der Waals surface area contributed by atoms with E-state index in [9.17, 15) is 14.9 Å². The summed E-state index contributed by atoms with van der Waals surface area (Å²) in [5.74, 6) is -0.0409. The number of carbonyl (C=O) groups is 1. The first kappa shape index (κ1) is 29.7. The van der Waals surface area contributed by atoms with Crippen LogP contribution in [0.4, 0.5) is 5.69 Å². The van der Waals surface area contributed by atoms with Crippen LogP contribution in [0.5, 0.6) is 0 Å². The lowest BCUT2D eigenvalue weighted by Crippen LogP contribution is -2.11. The van der Waals surface area contributed by atoms with Gasteiger partial charge in [0.25, 0.3) is 5.69 Å². The smallest absolute Gasteiger partial charge is 0.303 e. The van der Waals surface area contributed by atoms with Crippen LogP contribution in [0, 0.1) is 10.1 Å². The van der Waals surface area contributed by atoms with Crippen molar-refractivity contribution < 1.29 is 29.0 Å². The van der Waals surface area contributed by atoms with Crippen LogP contribution in [-0.4, -0.2) is 25.4 Å². The van der Waals surface area contributed by atoms with Crippen LogP contribution in [0.3, 0.4) is 0 Å². The normalized spacial score (nSPS) is 11.0. The van der Waals surface area contributed by atoms with Gasteiger partial charge in [-0.1, -0.05) is 82.7 Å². The Labute approximate surface area is 201 Å². The van der Waals surface area contributed by atoms with E-state index in [1.807, 2.05) is 30.3 Å². The summed E-state index contributed by atoms with van der Waals surface area (Å²) in [5.41, 5.74) is 3.08. The Hall–Kier alpha value is -2.38. The Morgan fingerprint density at radius 3 is 1.79 bits per heavy atom. The number of ketones is 1. The van der Waals surface area contributed by atoms with E-state index < -0.39 is 7.82 Å². The summed E-state index contributed by atoms with van der Waals surface area (Å²) in [7, 11) is -4.64. The molecule has 0 saturated carbocycles. The molecule has 2 rings (SSSR count). The molecule has 0 atom stereocenters. The molecule has 0 aromatic heterocycles. The maximum absolute atomic E-state index is 13.2. The van der Waals surface area contributed by atoms with Crippen LogP contribution in [0.25, 0.3) is 0 Å². The number of unbranched alkanes of at least 4 members (excludes halogenated alkanes) is 6. The number of nitro groups is 1. The molecule has 34 heavy (non-hydrogen) atoms. The highest BCUT2D eigenvalue weighted by molar-refractivity contribution is 7.45. The van der Waals surface area contributed by atoms with Gasteiger partial charge in [-0.15, -0.1) is 0 Å². The van der Waals surface area contributed by atoms with Gasteiger partial charge >= 0.3 is 7.82 Å². The van der Waals surface area contributed by atoms with E-state index in [0.717, 1.165) is 68.9 Å². The van der Waals surface area contributed by atoms with Crippen molar-refractivity contribution in [1.82, 2.24) is 0 Å². The van der Waals surface area contributed by atoms with Gasteiger partial charge in [-0.05, 0) is 37.3 Å². The lowest BCUT2D eigenvalue weighted by Gasteiger charge is -2.15. The minimum Gasteiger partial charge on any atom is -0.303 e. The van der Waals surface area contributed by atoms with E-state index in [1.54, 1.807) is 6.07 Å². The van der Waals surface area contributed by atoms with Gasteiger partial charge in [0, 0.05) is 22.8 Å². The van der Waals surface area contributed by atoms with E-state index in [4.69, 9.17) is 19.2 Å². The van der Waals surface area contributed by atoms with Crippen LogP contribution < -0.4 is 0 Å². The molecule has 2 aromatic rings. The largest absolute Gasteiger partial charge is 0.466 e. The fourth-order valence-electron chi connectivity index (χ4n) is 3.83. The van der Waals surface area contributed by atoms with Crippen molar-refractivity contribution in [2.24, 2.45) is 0 Å². The van der Waals surface area contributed by atoms with E-state index >= 15 is 0 Å². The van der Waals surface area contributed by atoms with Crippen LogP contribution in [0.2, 0.25) is 0 Å². The average Bonchev–Trinajstić information content (AvgIpc) is 2.78. The van der Waals surface area contributed by atoms with E-state index in [2.05, 4.69) is 13.8 Å². The number of phosphoric acid groups is 1. The molecular formula is C25H36NO7P. The molecule has 0 radical (unpaired) electrons. The van der Waals surface area contributed by atoms with Crippen LogP contribution in [0.15, 0.2) is 42.5 Å². The second-order valence-corrected chi connectivity index (χ2v) is 9.20. The Bertz CT molecular complexity index is 949. The zero-order valence-electron chi connectivity index (χ0n) is 20.0. The van der Waals surface area contributed by atoms with Gasteiger partial charge in [0.1, 0.15) is 0 Å². The maximum Gasteiger partial charge on any atom is 0.466 e. The third-order valence-electron chi connectivity index (χ3n) is 5.44. The summed E-state index contributed by atoms with van der Waals surface area (Å²) < 4.78 is 8.88. The third kappa shape index (κ3) is 11.2. The lowest BCUT2D eigenvalue weighted by molar-refractivity contribution is -0.385. The molecule has 8 nitrogen and oxygen atoms in total. The SMILES string of the molecule is CCCCCCc1c(C(=O)c2ccccc2)ccc([N+](=O)[O-])c1CCCCCC.O=P(O)(O)O. The fourth-order valence-corrected chi connectivity index (χ4v) is 3.83. The Morgan fingerprint density at radius 1 is 0.824 bits per heavy atom. The predicted octanol–water partition coefficient (Wildman–Crippen LogP) is 6.14. The first-order valence-corrected chi connectivity index (χ1v) is 13.3. The zero-order chi connectivity index (χ0) is 25.6. The zero-order valence-corrected chi connectivity index (χ0v) is 20.9. The number of hydrogen-bond acceptors (Lipinski definition) is 4. The molecular weight excluding hydrogens is 457 g/mol. The Kier molecular flexibility index (Phi) is 13.5. The van der Waals surface area contributed by atoms with Crippen LogP contribution >= 0.6 is 7.82 Å². The van der Waals surface area contributed by atoms with Gasteiger partial charge < -0.3 is 14.7 Å². The molecule has 0 aliphatic rings. The van der Waals surface area contributed by atoms with Crippen molar-refractivity contribution in [1.29, 1.82) is 0 Å². The van der Waals surface area contributed by atoms with E-state index in [-0.39, 0.29) is 16.4 Å². The monoisotopic (exact) mass is 493 g/mol. The molecule has 0 spiro atoms. The molecule has 0 heterocycles. The van der Waals surface area contributed by atoms with Gasteiger partial charge in [0.15, 0.2) is 5.78 Å². The highest BCUT2D eigenvalue weighted by Crippen LogP contribution is 2.31. The predicted molar refractivity (Wildman–Crippen MR) is 133 cm³/mol. The minimum absolute atomic E-state index is 0.0409. The molecule has 0 aliphatic heterocycles. The third-order valence-corrected chi connectivity index (χ3v) is 5.44. The topological polar surface area (TPSA) is 138 Å². The number of benzene rings is 2. The summed E-state index contributed by atoms with van der Waals surface area (Å²) >= 11 is 0. The molecule has 0 aliphatic carbocycles. The van der Waals surface area contributed by atoms with Gasteiger partial charge in [-0.2, -0.15) is 0 Å². The summed E-state index contributed by atoms with van der Waals surface area (Å²) in [4.78, 5) is 46.2. The van der Waals surface area contributed by atoms with Gasteiger partial charge in [0.2, 0.25) is 0 Å². The van der Waals surface area contributed by atoms with E-state index in [0.29, 0.717) is 17.5 Å². The first-order chi connectivity index (χ1) is 16.1. The number of hydrogen-bond donors (Lipinski definition) is 3. The number of carbonyl (C=O) groups excluding carboxylic acids is 1. The highest BCUT2D eigenvalue weighted by Gasteiger charge is 2.23. The van der Waals surface area contributed by atoms with Gasteiger partial charge in [0.05, 0.1) is 4.92 Å². The molecule has 0 amide bonds. The molecule has 0 unspecified atom stereocenters. The van der Waals surface area contributed by atoms with Crippen molar-refractivity contribution in [2.45, 2.75) is 78.1 Å². The summed E-state index contributed by atoms with van der Waals surface area (Å²) in [6.45, 7) is 4.32. The highest BCUT2D eigenvalue weighted by atomic mass is 31.2. The standard InChI is InChI=1S/C25H33NO3.H3O4P/c1-3-5-7-12-16-21-22(17-13-8-6-4-2)24(26(28)29)19-18-23(21)25(27)20-14-10-9-11-15-20;1-5(2,3)4/h9-11,14-15,18-19H,3-8,12-13,16-17H2,1-2H3;(H3,1,2,3,4). The van der Waals surface area contributed by atoms with Crippen molar-refractivity contribution in [3.8, 4) is 0 Å². The molecule has 188 valence electrons. The van der Waals surface area contributed by atoms with Crippen molar-refractivity contribution >= 4 is 19.3 Å². The number of rotatable bonds is 13. The summed E-state index contributed by atoms with van der Waals surface area (Å²) in [6, 6.07) is 12.4. The Balaban J connectivity index is 0.00000104. The second-order valence-electron chi connectivity index (χ2n) is 8.18. The summed E-state index contributed by atoms with van der Waals surface area (Å²) in [6.07, 6.45) is 9.91. The lowest BCUT2D eigenvalue weighted by atomic mass is 9.88. The average molecular weight is 494 g/mol. The van der Waals surface area contributed by atoms with Gasteiger partial charge in [-0.3, -0.25) is 14.9 Å². The first-order valence-electron chi connectivity index (χ1n) is 11.8. The summed E-state index contributed by atoms with van der Waals surface area (Å²) in [5, 5.41) is 11.7. The Morgan fingerprint density at radius 2 is 1.32 bits per heavy atom. The quantitative estimate of drug-likeness (QED) is 0.100. The number of nitrogens with zero attached hydrogens (tertiary/aromatic N) is 1.